The van der Waals surface area contributed by atoms with Gasteiger partial charge in [-0.1, -0.05) is 6.07 Å². The molecule has 0 unspecified atom stereocenters. The summed E-state index contributed by atoms with van der Waals surface area (Å²) in [5.74, 6) is -0.237. The first-order valence-corrected chi connectivity index (χ1v) is 6.25. The van der Waals surface area contributed by atoms with Crippen LogP contribution in [0.4, 0.5) is 5.69 Å². The Hall–Kier alpha value is -2.54. The zero-order valence-electron chi connectivity index (χ0n) is 9.52. The van der Waals surface area contributed by atoms with Gasteiger partial charge >= 0.3 is 0 Å². The quantitative estimate of drug-likeness (QED) is 0.531. The third kappa shape index (κ3) is 1.89. The summed E-state index contributed by atoms with van der Waals surface area (Å²) in [6.07, 6.45) is 1.45. The zero-order valence-corrected chi connectivity index (χ0v) is 10.3. The first kappa shape index (κ1) is 11.5. The van der Waals surface area contributed by atoms with Gasteiger partial charge in [0.2, 0.25) is 0 Å². The number of nitrogens with zero attached hydrogens (tertiary/aromatic N) is 3. The second-order valence-electron chi connectivity index (χ2n) is 3.84. The number of rotatable bonds is 2. The Morgan fingerprint density at radius 1 is 1.37 bits per heavy atom. The number of nitro groups is 1. The molecule has 0 spiro atoms. The Labute approximate surface area is 111 Å². The van der Waals surface area contributed by atoms with Crippen molar-refractivity contribution in [2.24, 2.45) is 0 Å². The van der Waals surface area contributed by atoms with Crippen molar-refractivity contribution in [1.29, 1.82) is 0 Å². The summed E-state index contributed by atoms with van der Waals surface area (Å²) in [5.41, 5.74) is 0.541. The monoisotopic (exact) mass is 273 g/mol. The van der Waals surface area contributed by atoms with Crippen LogP contribution in [0.15, 0.2) is 41.9 Å². The second-order valence-corrected chi connectivity index (χ2v) is 4.79. The molecule has 0 aliphatic heterocycles. The molecule has 19 heavy (non-hydrogen) atoms. The summed E-state index contributed by atoms with van der Waals surface area (Å²) in [5, 5.41) is 17.1. The van der Waals surface area contributed by atoms with Crippen molar-refractivity contribution in [2.75, 3.05) is 0 Å². The van der Waals surface area contributed by atoms with Crippen LogP contribution >= 0.6 is 11.3 Å². The molecule has 6 nitrogen and oxygen atoms in total. The van der Waals surface area contributed by atoms with Crippen LogP contribution in [0.3, 0.4) is 0 Å². The smallest absolute Gasteiger partial charge is 0.266 e. The number of nitro benzene ring substituents is 1. The largest absolute Gasteiger partial charge is 0.288 e. The number of carbonyl (C=O) groups is 1. The van der Waals surface area contributed by atoms with Crippen LogP contribution in [0.1, 0.15) is 9.67 Å². The minimum Gasteiger partial charge on any atom is -0.266 e. The van der Waals surface area contributed by atoms with E-state index in [9.17, 15) is 14.9 Å². The number of benzene rings is 1. The molecule has 0 aliphatic rings. The molecule has 2 heterocycles. The maximum atomic E-state index is 12.2. The fourth-order valence-corrected chi connectivity index (χ4v) is 2.45. The molecule has 0 bridgehead atoms. The van der Waals surface area contributed by atoms with E-state index in [1.165, 1.54) is 40.4 Å². The zero-order chi connectivity index (χ0) is 13.4. The molecule has 0 aliphatic carbocycles. The van der Waals surface area contributed by atoms with E-state index in [1.807, 2.05) is 5.38 Å². The van der Waals surface area contributed by atoms with Crippen molar-refractivity contribution < 1.29 is 9.72 Å². The summed E-state index contributed by atoms with van der Waals surface area (Å²) in [4.78, 5) is 23.0. The lowest BCUT2D eigenvalue weighted by atomic mass is 10.2. The average molecular weight is 273 g/mol. The second kappa shape index (κ2) is 4.29. The van der Waals surface area contributed by atoms with Gasteiger partial charge in [0.05, 0.1) is 21.5 Å². The molecule has 0 N–H and O–H groups in total. The Morgan fingerprint density at radius 2 is 2.21 bits per heavy atom. The van der Waals surface area contributed by atoms with E-state index >= 15 is 0 Å². The Kier molecular flexibility index (Phi) is 2.60. The predicted octanol–water partition coefficient (Wildman–Crippen LogP) is 2.69. The lowest BCUT2D eigenvalue weighted by Crippen LogP contribution is -2.11. The first-order valence-electron chi connectivity index (χ1n) is 5.37. The molecule has 1 aromatic carbocycles. The lowest BCUT2D eigenvalue weighted by molar-refractivity contribution is -0.384. The number of hydrogen-bond acceptors (Lipinski definition) is 5. The highest BCUT2D eigenvalue weighted by Crippen LogP contribution is 2.22. The number of non-ortho nitro benzene ring substituents is 1. The minimum atomic E-state index is -0.474. The van der Waals surface area contributed by atoms with E-state index < -0.39 is 4.92 Å². The van der Waals surface area contributed by atoms with Crippen LogP contribution in [-0.2, 0) is 0 Å². The molecular weight excluding hydrogens is 266 g/mol. The minimum absolute atomic E-state index is 0.0179. The van der Waals surface area contributed by atoms with Gasteiger partial charge in [-0.2, -0.15) is 9.78 Å². The van der Waals surface area contributed by atoms with Crippen LogP contribution in [0.2, 0.25) is 0 Å². The van der Waals surface area contributed by atoms with E-state index in [0.717, 1.165) is 0 Å². The van der Waals surface area contributed by atoms with Gasteiger partial charge < -0.3 is 0 Å². The summed E-state index contributed by atoms with van der Waals surface area (Å²) < 4.78 is 1.25. The number of aromatic nitrogens is 2. The van der Waals surface area contributed by atoms with Gasteiger partial charge in [-0.25, -0.2) is 0 Å². The average Bonchev–Trinajstić information content (AvgIpc) is 3.06. The van der Waals surface area contributed by atoms with Crippen molar-refractivity contribution in [3.05, 3.63) is 56.9 Å². The number of thiophene rings is 1. The van der Waals surface area contributed by atoms with Crippen LogP contribution in [0.25, 0.3) is 10.9 Å². The molecule has 0 fully saturated rings. The van der Waals surface area contributed by atoms with E-state index in [0.29, 0.717) is 15.8 Å². The van der Waals surface area contributed by atoms with Crippen molar-refractivity contribution in [3.63, 3.8) is 0 Å². The number of fused-ring (bicyclic) bond motifs is 1. The van der Waals surface area contributed by atoms with Gasteiger partial charge in [-0.05, 0) is 17.5 Å². The van der Waals surface area contributed by atoms with Gasteiger partial charge in [-0.3, -0.25) is 14.9 Å². The van der Waals surface area contributed by atoms with Crippen molar-refractivity contribution in [2.45, 2.75) is 0 Å². The number of hydrogen-bond donors (Lipinski definition) is 0. The van der Waals surface area contributed by atoms with Gasteiger partial charge in [0, 0.05) is 17.5 Å². The normalized spacial score (nSPS) is 10.7. The maximum absolute atomic E-state index is 12.2. The van der Waals surface area contributed by atoms with Crippen LogP contribution in [0, 0.1) is 10.1 Å². The highest BCUT2D eigenvalue weighted by Gasteiger charge is 2.15. The molecule has 0 saturated carbocycles. The Balaban J connectivity index is 2.11. The molecule has 2 aromatic heterocycles. The third-order valence-corrected chi connectivity index (χ3v) is 3.54. The van der Waals surface area contributed by atoms with Gasteiger partial charge in [0.25, 0.3) is 11.6 Å². The van der Waals surface area contributed by atoms with Crippen LogP contribution in [-0.4, -0.2) is 20.6 Å². The first-order chi connectivity index (χ1) is 9.16. The van der Waals surface area contributed by atoms with E-state index in [2.05, 4.69) is 5.10 Å². The lowest BCUT2D eigenvalue weighted by Gasteiger charge is -1.99. The fraction of sp³-hybridized carbons (Fsp3) is 0. The third-order valence-electron chi connectivity index (χ3n) is 2.69. The predicted molar refractivity (Wildman–Crippen MR) is 70.4 cm³/mol. The summed E-state index contributed by atoms with van der Waals surface area (Å²) >= 11 is 1.33. The molecule has 7 heteroatoms. The molecule has 0 radical (unpaired) electrons. The van der Waals surface area contributed by atoms with E-state index in [4.69, 9.17) is 0 Å². The Bertz CT molecular complexity index is 777. The molecule has 0 atom stereocenters. The molecular formula is C12H7N3O3S. The molecule has 0 saturated heterocycles. The molecule has 3 rings (SSSR count). The summed E-state index contributed by atoms with van der Waals surface area (Å²) in [6.45, 7) is 0. The fourth-order valence-electron chi connectivity index (χ4n) is 1.80. The van der Waals surface area contributed by atoms with Gasteiger partial charge in [0.1, 0.15) is 0 Å². The topological polar surface area (TPSA) is 78.0 Å². The SMILES string of the molecule is O=C(c1cccs1)n1ncc2cc([N+](=O)[O-])ccc21. The van der Waals surface area contributed by atoms with E-state index in [1.54, 1.807) is 12.1 Å². The van der Waals surface area contributed by atoms with Gasteiger partial charge in [0.15, 0.2) is 0 Å². The van der Waals surface area contributed by atoms with Gasteiger partial charge in [-0.15, -0.1) is 11.3 Å². The van der Waals surface area contributed by atoms with Crippen molar-refractivity contribution in [3.8, 4) is 0 Å². The molecule has 0 amide bonds. The molecule has 3 aromatic rings. The van der Waals surface area contributed by atoms with E-state index in [-0.39, 0.29) is 11.6 Å². The van der Waals surface area contributed by atoms with Crippen molar-refractivity contribution >= 4 is 33.8 Å². The summed E-state index contributed by atoms with van der Waals surface area (Å²) in [7, 11) is 0. The number of carbonyl (C=O) groups excluding carboxylic acids is 1. The highest BCUT2D eigenvalue weighted by atomic mass is 32.1. The summed E-state index contributed by atoms with van der Waals surface area (Å²) in [6, 6.07) is 7.80. The van der Waals surface area contributed by atoms with Crippen LogP contribution in [0.5, 0.6) is 0 Å². The Morgan fingerprint density at radius 3 is 2.89 bits per heavy atom. The maximum Gasteiger partial charge on any atom is 0.288 e. The highest BCUT2D eigenvalue weighted by molar-refractivity contribution is 7.12. The van der Waals surface area contributed by atoms with Crippen molar-refractivity contribution in [1.82, 2.24) is 9.78 Å². The standard InChI is InChI=1S/C12H7N3O3S/c16-12(11-2-1-5-19-11)14-10-4-3-9(15(17)18)6-8(10)7-13-14/h1-7H. The molecule has 94 valence electrons. The van der Waals surface area contributed by atoms with Crippen LogP contribution < -0.4 is 0 Å².